The summed E-state index contributed by atoms with van der Waals surface area (Å²) in [5, 5.41) is 6.95. The fourth-order valence-corrected chi connectivity index (χ4v) is 1.67. The smallest absolute Gasteiger partial charge is 0.262 e. The molecule has 0 bridgehead atoms. The second kappa shape index (κ2) is 6.56. The van der Waals surface area contributed by atoms with Gasteiger partial charge in [-0.05, 0) is 43.7 Å². The molecule has 1 atom stereocenters. The van der Waals surface area contributed by atoms with Gasteiger partial charge in [-0.3, -0.25) is 4.79 Å². The summed E-state index contributed by atoms with van der Waals surface area (Å²) in [5.41, 5.74) is 4.51. The van der Waals surface area contributed by atoms with E-state index >= 15 is 0 Å². The standard InChI is InChI=1S/C15H17N3O2/c1-11-5-3-6-13(9-11)17-12(2)15(19)18-16-10-14-7-4-8-20-14/h3-10,12,17H,1-2H3,(H,18,19)/b16-10+. The van der Waals surface area contributed by atoms with Crippen molar-refractivity contribution in [1.29, 1.82) is 0 Å². The monoisotopic (exact) mass is 271 g/mol. The first kappa shape index (κ1) is 13.9. The van der Waals surface area contributed by atoms with Gasteiger partial charge in [-0.1, -0.05) is 12.1 Å². The third-order valence-electron chi connectivity index (χ3n) is 2.70. The molecule has 0 aliphatic rings. The number of carbonyl (C=O) groups is 1. The van der Waals surface area contributed by atoms with Crippen molar-refractivity contribution in [3.05, 3.63) is 54.0 Å². The lowest BCUT2D eigenvalue weighted by atomic mass is 10.2. The minimum atomic E-state index is -0.384. The number of anilines is 1. The Labute approximate surface area is 117 Å². The summed E-state index contributed by atoms with van der Waals surface area (Å²) in [4.78, 5) is 11.8. The third-order valence-corrected chi connectivity index (χ3v) is 2.70. The van der Waals surface area contributed by atoms with Gasteiger partial charge in [-0.25, -0.2) is 5.43 Å². The van der Waals surface area contributed by atoms with Crippen molar-refractivity contribution < 1.29 is 9.21 Å². The molecule has 0 radical (unpaired) electrons. The molecule has 0 saturated carbocycles. The van der Waals surface area contributed by atoms with Crippen LogP contribution in [-0.2, 0) is 4.79 Å². The van der Waals surface area contributed by atoms with E-state index in [2.05, 4.69) is 15.8 Å². The molecule has 1 aromatic heterocycles. The molecule has 1 aromatic carbocycles. The Morgan fingerprint density at radius 2 is 2.20 bits per heavy atom. The molecule has 5 heteroatoms. The zero-order chi connectivity index (χ0) is 14.4. The average Bonchev–Trinajstić information content (AvgIpc) is 2.91. The number of amides is 1. The third kappa shape index (κ3) is 3.98. The number of nitrogens with one attached hydrogen (secondary N) is 2. The normalized spacial score (nSPS) is 12.3. The maximum atomic E-state index is 11.8. The van der Waals surface area contributed by atoms with E-state index in [0.717, 1.165) is 11.3 Å². The number of aryl methyl sites for hydroxylation is 1. The van der Waals surface area contributed by atoms with Crippen LogP contribution in [0.3, 0.4) is 0 Å². The van der Waals surface area contributed by atoms with Crippen molar-refractivity contribution in [3.63, 3.8) is 0 Å². The van der Waals surface area contributed by atoms with Gasteiger partial charge in [0.05, 0.1) is 12.5 Å². The van der Waals surface area contributed by atoms with Gasteiger partial charge >= 0.3 is 0 Å². The summed E-state index contributed by atoms with van der Waals surface area (Å²) < 4.78 is 5.07. The molecular weight excluding hydrogens is 254 g/mol. The van der Waals surface area contributed by atoms with Crippen LogP contribution in [0.25, 0.3) is 0 Å². The second-order valence-electron chi connectivity index (χ2n) is 4.49. The van der Waals surface area contributed by atoms with Crippen LogP contribution in [-0.4, -0.2) is 18.2 Å². The van der Waals surface area contributed by atoms with E-state index in [-0.39, 0.29) is 11.9 Å². The number of rotatable bonds is 5. The highest BCUT2D eigenvalue weighted by atomic mass is 16.3. The van der Waals surface area contributed by atoms with Gasteiger partial charge in [0.15, 0.2) is 0 Å². The van der Waals surface area contributed by atoms with Crippen LogP contribution < -0.4 is 10.7 Å². The number of hydrazone groups is 1. The lowest BCUT2D eigenvalue weighted by Crippen LogP contribution is -2.34. The number of carbonyl (C=O) groups excluding carboxylic acids is 1. The molecule has 2 N–H and O–H groups in total. The molecule has 0 aliphatic carbocycles. The number of furan rings is 1. The Morgan fingerprint density at radius 3 is 2.90 bits per heavy atom. The Morgan fingerprint density at radius 1 is 1.35 bits per heavy atom. The topological polar surface area (TPSA) is 66.6 Å². The lowest BCUT2D eigenvalue weighted by molar-refractivity contribution is -0.121. The molecule has 0 aliphatic heterocycles. The highest BCUT2D eigenvalue weighted by molar-refractivity contribution is 5.85. The number of hydrogen-bond donors (Lipinski definition) is 2. The predicted octanol–water partition coefficient (Wildman–Crippen LogP) is 2.54. The van der Waals surface area contributed by atoms with Crippen molar-refractivity contribution in [1.82, 2.24) is 5.43 Å². The molecule has 2 rings (SSSR count). The minimum absolute atomic E-state index is 0.214. The van der Waals surface area contributed by atoms with Gasteiger partial charge in [-0.2, -0.15) is 5.10 Å². The molecule has 5 nitrogen and oxygen atoms in total. The predicted molar refractivity (Wildman–Crippen MR) is 78.7 cm³/mol. The first-order valence-corrected chi connectivity index (χ1v) is 6.35. The number of benzene rings is 1. The molecule has 2 aromatic rings. The fourth-order valence-electron chi connectivity index (χ4n) is 1.67. The van der Waals surface area contributed by atoms with E-state index < -0.39 is 0 Å². The first-order chi connectivity index (χ1) is 9.65. The molecule has 0 fully saturated rings. The van der Waals surface area contributed by atoms with Crippen LogP contribution in [0.15, 0.2) is 52.2 Å². The number of nitrogens with zero attached hydrogens (tertiary/aromatic N) is 1. The largest absolute Gasteiger partial charge is 0.463 e. The van der Waals surface area contributed by atoms with Crippen LogP contribution in [0.5, 0.6) is 0 Å². The van der Waals surface area contributed by atoms with Gasteiger partial charge in [-0.15, -0.1) is 0 Å². The summed E-state index contributed by atoms with van der Waals surface area (Å²) in [6, 6.07) is 11.0. The quantitative estimate of drug-likeness (QED) is 0.648. The minimum Gasteiger partial charge on any atom is -0.463 e. The highest BCUT2D eigenvalue weighted by Crippen LogP contribution is 2.10. The van der Waals surface area contributed by atoms with Crippen LogP contribution in [0.2, 0.25) is 0 Å². The summed E-state index contributed by atoms with van der Waals surface area (Å²) >= 11 is 0. The van der Waals surface area contributed by atoms with Gasteiger partial charge in [0, 0.05) is 5.69 Å². The Balaban J connectivity index is 1.86. The highest BCUT2D eigenvalue weighted by Gasteiger charge is 2.11. The van der Waals surface area contributed by atoms with Crippen molar-refractivity contribution in [2.24, 2.45) is 5.10 Å². The molecule has 1 heterocycles. The van der Waals surface area contributed by atoms with Crippen molar-refractivity contribution in [2.45, 2.75) is 19.9 Å². The molecule has 1 amide bonds. The number of hydrogen-bond acceptors (Lipinski definition) is 4. The molecule has 0 saturated heterocycles. The summed E-state index contributed by atoms with van der Waals surface area (Å²) in [6.07, 6.45) is 3.00. The molecular formula is C15H17N3O2. The first-order valence-electron chi connectivity index (χ1n) is 6.35. The van der Waals surface area contributed by atoms with Crippen LogP contribution in [0.1, 0.15) is 18.2 Å². The van der Waals surface area contributed by atoms with E-state index in [9.17, 15) is 4.79 Å². The van der Waals surface area contributed by atoms with Gasteiger partial charge in [0.1, 0.15) is 11.8 Å². The van der Waals surface area contributed by atoms with Crippen molar-refractivity contribution >= 4 is 17.8 Å². The van der Waals surface area contributed by atoms with Crippen LogP contribution in [0, 0.1) is 6.92 Å². The zero-order valence-electron chi connectivity index (χ0n) is 11.5. The average molecular weight is 271 g/mol. The van der Waals surface area contributed by atoms with Crippen molar-refractivity contribution in [2.75, 3.05) is 5.32 Å². The van der Waals surface area contributed by atoms with E-state index in [1.165, 1.54) is 6.21 Å². The van der Waals surface area contributed by atoms with E-state index in [1.807, 2.05) is 31.2 Å². The summed E-state index contributed by atoms with van der Waals surface area (Å²) in [6.45, 7) is 3.78. The summed E-state index contributed by atoms with van der Waals surface area (Å²) in [5.74, 6) is 0.374. The Kier molecular flexibility index (Phi) is 4.55. The molecule has 104 valence electrons. The van der Waals surface area contributed by atoms with Crippen LogP contribution in [0.4, 0.5) is 5.69 Å². The van der Waals surface area contributed by atoms with Crippen molar-refractivity contribution in [3.8, 4) is 0 Å². The van der Waals surface area contributed by atoms with E-state index in [0.29, 0.717) is 5.76 Å². The van der Waals surface area contributed by atoms with Crippen LogP contribution >= 0.6 is 0 Å². The lowest BCUT2D eigenvalue weighted by Gasteiger charge is -2.13. The molecule has 1 unspecified atom stereocenters. The second-order valence-corrected chi connectivity index (χ2v) is 4.49. The molecule has 0 spiro atoms. The van der Waals surface area contributed by atoms with Gasteiger partial charge in [0.25, 0.3) is 5.91 Å². The maximum Gasteiger partial charge on any atom is 0.262 e. The zero-order valence-corrected chi connectivity index (χ0v) is 11.5. The fraction of sp³-hybridized carbons (Fsp3) is 0.200. The maximum absolute atomic E-state index is 11.8. The van der Waals surface area contributed by atoms with Gasteiger partial charge < -0.3 is 9.73 Å². The Hall–Kier alpha value is -2.56. The van der Waals surface area contributed by atoms with E-state index in [4.69, 9.17) is 4.42 Å². The van der Waals surface area contributed by atoms with Gasteiger partial charge in [0.2, 0.25) is 0 Å². The Bertz CT molecular complexity index is 591. The van der Waals surface area contributed by atoms with E-state index in [1.54, 1.807) is 25.3 Å². The molecule has 20 heavy (non-hydrogen) atoms. The summed E-state index contributed by atoms with van der Waals surface area (Å²) in [7, 11) is 0. The SMILES string of the molecule is Cc1cccc(NC(C)C(=O)N/N=C/c2ccco2)c1.